The SMILES string of the molecule is COC1CC(NC2CC=CCC2)C1. The van der Waals surface area contributed by atoms with Crippen molar-refractivity contribution in [1.29, 1.82) is 0 Å². The molecule has 2 aliphatic rings. The molecule has 0 amide bonds. The fourth-order valence-electron chi connectivity index (χ4n) is 2.17. The third-order valence-electron chi connectivity index (χ3n) is 3.17. The van der Waals surface area contributed by atoms with E-state index >= 15 is 0 Å². The number of hydrogen-bond donors (Lipinski definition) is 1. The summed E-state index contributed by atoms with van der Waals surface area (Å²) in [5.74, 6) is 0. The molecule has 1 unspecified atom stereocenters. The predicted molar refractivity (Wildman–Crippen MR) is 53.7 cm³/mol. The van der Waals surface area contributed by atoms with Crippen molar-refractivity contribution in [2.75, 3.05) is 7.11 Å². The topological polar surface area (TPSA) is 21.3 Å². The van der Waals surface area contributed by atoms with Gasteiger partial charge in [0.1, 0.15) is 0 Å². The van der Waals surface area contributed by atoms with E-state index < -0.39 is 0 Å². The van der Waals surface area contributed by atoms with Crippen molar-refractivity contribution < 1.29 is 4.74 Å². The van der Waals surface area contributed by atoms with Crippen LogP contribution in [0.4, 0.5) is 0 Å². The van der Waals surface area contributed by atoms with Crippen LogP contribution in [0.15, 0.2) is 12.2 Å². The van der Waals surface area contributed by atoms with Crippen molar-refractivity contribution in [2.45, 2.75) is 50.3 Å². The van der Waals surface area contributed by atoms with Gasteiger partial charge in [-0.2, -0.15) is 0 Å². The normalized spacial score (nSPS) is 38.7. The summed E-state index contributed by atoms with van der Waals surface area (Å²) >= 11 is 0. The van der Waals surface area contributed by atoms with Crippen LogP contribution in [-0.2, 0) is 4.74 Å². The second-order valence-corrected chi connectivity index (χ2v) is 4.17. The first-order valence-electron chi connectivity index (χ1n) is 5.32. The zero-order chi connectivity index (χ0) is 9.10. The summed E-state index contributed by atoms with van der Waals surface area (Å²) in [7, 11) is 1.81. The lowest BCUT2D eigenvalue weighted by Crippen LogP contribution is -2.49. The van der Waals surface area contributed by atoms with Crippen molar-refractivity contribution in [3.05, 3.63) is 12.2 Å². The summed E-state index contributed by atoms with van der Waals surface area (Å²) in [6, 6.07) is 1.45. The second-order valence-electron chi connectivity index (χ2n) is 4.17. The number of hydrogen-bond acceptors (Lipinski definition) is 2. The number of rotatable bonds is 3. The van der Waals surface area contributed by atoms with Crippen molar-refractivity contribution in [3.8, 4) is 0 Å². The van der Waals surface area contributed by atoms with Gasteiger partial charge in [-0.05, 0) is 32.1 Å². The molecule has 2 heteroatoms. The lowest BCUT2D eigenvalue weighted by Gasteiger charge is -2.37. The van der Waals surface area contributed by atoms with E-state index in [1.54, 1.807) is 0 Å². The van der Waals surface area contributed by atoms with Crippen LogP contribution in [0, 0.1) is 0 Å². The Hall–Kier alpha value is -0.340. The van der Waals surface area contributed by atoms with Gasteiger partial charge < -0.3 is 10.1 Å². The molecule has 0 aromatic carbocycles. The predicted octanol–water partition coefficient (Wildman–Crippen LogP) is 1.86. The Kier molecular flexibility index (Phi) is 3.01. The number of methoxy groups -OCH3 is 1. The molecule has 0 radical (unpaired) electrons. The lowest BCUT2D eigenvalue weighted by atomic mass is 9.87. The Labute approximate surface area is 80.4 Å². The molecule has 0 bridgehead atoms. The summed E-state index contributed by atoms with van der Waals surface area (Å²) in [4.78, 5) is 0. The van der Waals surface area contributed by atoms with Crippen molar-refractivity contribution >= 4 is 0 Å². The highest BCUT2D eigenvalue weighted by atomic mass is 16.5. The van der Waals surface area contributed by atoms with Crippen LogP contribution >= 0.6 is 0 Å². The molecule has 0 heterocycles. The molecule has 1 saturated carbocycles. The maximum atomic E-state index is 5.25. The smallest absolute Gasteiger partial charge is 0.0601 e. The molecule has 1 fully saturated rings. The zero-order valence-corrected chi connectivity index (χ0v) is 8.33. The summed E-state index contributed by atoms with van der Waals surface area (Å²) in [6.45, 7) is 0. The van der Waals surface area contributed by atoms with Gasteiger partial charge in [0.2, 0.25) is 0 Å². The van der Waals surface area contributed by atoms with Gasteiger partial charge in [-0.1, -0.05) is 12.2 Å². The van der Waals surface area contributed by atoms with Crippen LogP contribution in [-0.4, -0.2) is 25.3 Å². The van der Waals surface area contributed by atoms with Gasteiger partial charge in [0.05, 0.1) is 6.10 Å². The molecule has 1 N–H and O–H groups in total. The summed E-state index contributed by atoms with van der Waals surface area (Å²) in [5.41, 5.74) is 0. The van der Waals surface area contributed by atoms with Crippen molar-refractivity contribution in [1.82, 2.24) is 5.32 Å². The number of nitrogens with one attached hydrogen (secondary N) is 1. The van der Waals surface area contributed by atoms with Crippen LogP contribution < -0.4 is 5.32 Å². The van der Waals surface area contributed by atoms with E-state index in [2.05, 4.69) is 17.5 Å². The van der Waals surface area contributed by atoms with Crippen molar-refractivity contribution in [2.24, 2.45) is 0 Å². The van der Waals surface area contributed by atoms with Gasteiger partial charge in [0.15, 0.2) is 0 Å². The van der Waals surface area contributed by atoms with Gasteiger partial charge in [0.25, 0.3) is 0 Å². The van der Waals surface area contributed by atoms with E-state index in [0.717, 1.165) is 12.1 Å². The molecule has 1 atom stereocenters. The Balaban J connectivity index is 1.65. The van der Waals surface area contributed by atoms with Crippen LogP contribution in [0.1, 0.15) is 32.1 Å². The molecule has 0 aromatic heterocycles. The van der Waals surface area contributed by atoms with E-state index in [-0.39, 0.29) is 0 Å². The van der Waals surface area contributed by atoms with E-state index in [4.69, 9.17) is 4.74 Å². The Bertz CT molecular complexity index is 185. The van der Waals surface area contributed by atoms with Crippen LogP contribution in [0.25, 0.3) is 0 Å². The zero-order valence-electron chi connectivity index (χ0n) is 8.33. The van der Waals surface area contributed by atoms with Crippen LogP contribution in [0.3, 0.4) is 0 Å². The first kappa shape index (κ1) is 9.22. The highest BCUT2D eigenvalue weighted by Gasteiger charge is 2.30. The minimum Gasteiger partial charge on any atom is -0.381 e. The first-order valence-corrected chi connectivity index (χ1v) is 5.32. The highest BCUT2D eigenvalue weighted by molar-refractivity contribution is 4.96. The fourth-order valence-corrected chi connectivity index (χ4v) is 2.17. The van der Waals surface area contributed by atoms with Crippen LogP contribution in [0.2, 0.25) is 0 Å². The van der Waals surface area contributed by atoms with Gasteiger partial charge in [0, 0.05) is 19.2 Å². The molecule has 13 heavy (non-hydrogen) atoms. The Morgan fingerprint density at radius 1 is 1.23 bits per heavy atom. The number of ether oxygens (including phenoxy) is 1. The summed E-state index contributed by atoms with van der Waals surface area (Å²) in [6.07, 6.45) is 11.3. The minimum atomic E-state index is 0.525. The molecule has 2 nitrogen and oxygen atoms in total. The van der Waals surface area contributed by atoms with Gasteiger partial charge >= 0.3 is 0 Å². The quantitative estimate of drug-likeness (QED) is 0.671. The maximum Gasteiger partial charge on any atom is 0.0601 e. The second kappa shape index (κ2) is 4.25. The van der Waals surface area contributed by atoms with Gasteiger partial charge in [-0.3, -0.25) is 0 Å². The standard InChI is InChI=1S/C11H19NO/c1-13-11-7-10(8-11)12-9-5-3-2-4-6-9/h2-3,9-12H,4-8H2,1H3. The largest absolute Gasteiger partial charge is 0.381 e. The molecular formula is C11H19NO. The van der Waals surface area contributed by atoms with E-state index in [1.807, 2.05) is 7.11 Å². The fraction of sp³-hybridized carbons (Fsp3) is 0.818. The molecule has 2 rings (SSSR count). The Morgan fingerprint density at radius 3 is 2.69 bits per heavy atom. The van der Waals surface area contributed by atoms with E-state index in [1.165, 1.54) is 32.1 Å². The average Bonchev–Trinajstić information content (AvgIpc) is 2.12. The molecular weight excluding hydrogens is 162 g/mol. The third kappa shape index (κ3) is 2.32. The van der Waals surface area contributed by atoms with E-state index in [0.29, 0.717) is 6.10 Å². The Morgan fingerprint density at radius 2 is 2.08 bits per heavy atom. The van der Waals surface area contributed by atoms with Gasteiger partial charge in [-0.15, -0.1) is 0 Å². The molecule has 0 aromatic rings. The average molecular weight is 181 g/mol. The molecule has 0 saturated heterocycles. The third-order valence-corrected chi connectivity index (χ3v) is 3.17. The monoisotopic (exact) mass is 181 g/mol. The maximum absolute atomic E-state index is 5.25. The molecule has 0 spiro atoms. The highest BCUT2D eigenvalue weighted by Crippen LogP contribution is 2.24. The lowest BCUT2D eigenvalue weighted by molar-refractivity contribution is 0.0139. The number of allylic oxidation sites excluding steroid dienone is 1. The minimum absolute atomic E-state index is 0.525. The molecule has 2 aliphatic carbocycles. The van der Waals surface area contributed by atoms with Gasteiger partial charge in [-0.25, -0.2) is 0 Å². The van der Waals surface area contributed by atoms with Crippen molar-refractivity contribution in [3.63, 3.8) is 0 Å². The first-order chi connectivity index (χ1) is 6.38. The summed E-state index contributed by atoms with van der Waals surface area (Å²) < 4.78 is 5.25. The van der Waals surface area contributed by atoms with Crippen LogP contribution in [0.5, 0.6) is 0 Å². The summed E-state index contributed by atoms with van der Waals surface area (Å²) in [5, 5.41) is 3.69. The van der Waals surface area contributed by atoms with E-state index in [9.17, 15) is 0 Å². The molecule has 0 aliphatic heterocycles. The molecule has 74 valence electrons.